The highest BCUT2D eigenvalue weighted by Gasteiger charge is 2.56. The van der Waals surface area contributed by atoms with Gasteiger partial charge in [0.25, 0.3) is 0 Å². The largest absolute Gasteiger partial charge is 0.382 e. The van der Waals surface area contributed by atoms with E-state index in [4.69, 9.17) is 14.2 Å². The van der Waals surface area contributed by atoms with Gasteiger partial charge in [0.05, 0.1) is 25.9 Å². The zero-order valence-electron chi connectivity index (χ0n) is 17.5. The lowest BCUT2D eigenvalue weighted by atomic mass is 9.55. The van der Waals surface area contributed by atoms with Gasteiger partial charge in [-0.1, -0.05) is 19.3 Å². The van der Waals surface area contributed by atoms with Gasteiger partial charge in [-0.15, -0.1) is 0 Å². The van der Waals surface area contributed by atoms with Crippen molar-refractivity contribution in [1.29, 1.82) is 0 Å². The molecule has 6 nitrogen and oxygen atoms in total. The van der Waals surface area contributed by atoms with Crippen LogP contribution in [-0.4, -0.2) is 76.7 Å². The van der Waals surface area contributed by atoms with Crippen LogP contribution in [0.25, 0.3) is 0 Å². The monoisotopic (exact) mass is 381 g/mol. The molecule has 3 fully saturated rings. The molecule has 0 aromatic rings. The van der Waals surface area contributed by atoms with Crippen molar-refractivity contribution >= 4 is 5.96 Å². The first-order chi connectivity index (χ1) is 13.2. The minimum Gasteiger partial charge on any atom is -0.382 e. The molecule has 3 unspecified atom stereocenters. The summed E-state index contributed by atoms with van der Waals surface area (Å²) in [6.07, 6.45) is 9.35. The summed E-state index contributed by atoms with van der Waals surface area (Å²) in [5.41, 5.74) is 0.326. The first-order valence-corrected chi connectivity index (χ1v) is 10.9. The highest BCUT2D eigenvalue weighted by Crippen LogP contribution is 2.53. The van der Waals surface area contributed by atoms with Crippen molar-refractivity contribution in [3.63, 3.8) is 0 Å². The maximum atomic E-state index is 6.10. The summed E-state index contributed by atoms with van der Waals surface area (Å²) in [7, 11) is 3.63. The number of rotatable bonds is 8. The molecule has 0 aromatic carbocycles. The smallest absolute Gasteiger partial charge is 0.193 e. The van der Waals surface area contributed by atoms with E-state index in [-0.39, 0.29) is 0 Å². The lowest BCUT2D eigenvalue weighted by molar-refractivity contribution is -0.146. The quantitative estimate of drug-likeness (QED) is 0.398. The highest BCUT2D eigenvalue weighted by molar-refractivity contribution is 5.80. The molecule has 2 saturated carbocycles. The van der Waals surface area contributed by atoms with Crippen LogP contribution in [0.5, 0.6) is 0 Å². The predicted molar refractivity (Wildman–Crippen MR) is 108 cm³/mol. The minimum atomic E-state index is 0.326. The van der Waals surface area contributed by atoms with Gasteiger partial charge >= 0.3 is 0 Å². The molecule has 0 radical (unpaired) electrons. The Bertz CT molecular complexity index is 479. The Hall–Kier alpha value is -0.850. The Kier molecular flexibility index (Phi) is 7.79. The Balaban J connectivity index is 1.51. The third-order valence-corrected chi connectivity index (χ3v) is 6.82. The molecule has 1 N–H and O–H groups in total. The SMILES string of the molecule is CCOC1CC(NC(=NC)N2CCC(COCCOC)C2)C12CCCCC2. The van der Waals surface area contributed by atoms with Crippen molar-refractivity contribution in [3.8, 4) is 0 Å². The molecule has 0 aromatic heterocycles. The van der Waals surface area contributed by atoms with E-state index in [1.54, 1.807) is 7.11 Å². The van der Waals surface area contributed by atoms with E-state index < -0.39 is 0 Å². The van der Waals surface area contributed by atoms with E-state index in [0.717, 1.165) is 38.7 Å². The number of likely N-dealkylation sites (tertiary alicyclic amines) is 1. The first kappa shape index (κ1) is 20.9. The maximum Gasteiger partial charge on any atom is 0.193 e. The second-order valence-electron chi connectivity index (χ2n) is 8.39. The van der Waals surface area contributed by atoms with Gasteiger partial charge in [-0.3, -0.25) is 4.99 Å². The molecule has 3 atom stereocenters. The highest BCUT2D eigenvalue weighted by atomic mass is 16.5. The molecule has 0 amide bonds. The van der Waals surface area contributed by atoms with E-state index >= 15 is 0 Å². The summed E-state index contributed by atoms with van der Waals surface area (Å²) in [5, 5.41) is 3.83. The second-order valence-corrected chi connectivity index (χ2v) is 8.39. The Morgan fingerprint density at radius 2 is 2.04 bits per heavy atom. The third kappa shape index (κ3) is 4.77. The molecule has 27 heavy (non-hydrogen) atoms. The van der Waals surface area contributed by atoms with Crippen molar-refractivity contribution in [2.24, 2.45) is 16.3 Å². The predicted octanol–water partition coefficient (Wildman–Crippen LogP) is 2.67. The lowest BCUT2D eigenvalue weighted by Gasteiger charge is -2.58. The summed E-state index contributed by atoms with van der Waals surface area (Å²) in [6.45, 7) is 7.21. The number of hydrogen-bond acceptors (Lipinski definition) is 4. The number of hydrogen-bond donors (Lipinski definition) is 1. The van der Waals surface area contributed by atoms with E-state index in [0.29, 0.717) is 36.7 Å². The van der Waals surface area contributed by atoms with Gasteiger partial charge in [-0.05, 0) is 32.6 Å². The Labute approximate surface area is 165 Å². The maximum absolute atomic E-state index is 6.10. The fraction of sp³-hybridized carbons (Fsp3) is 0.952. The summed E-state index contributed by atoms with van der Waals surface area (Å²) in [6, 6.07) is 0.505. The van der Waals surface area contributed by atoms with Gasteiger partial charge in [0.2, 0.25) is 0 Å². The number of aliphatic imine (C=N–C) groups is 1. The minimum absolute atomic E-state index is 0.326. The van der Waals surface area contributed by atoms with Crippen LogP contribution in [0.3, 0.4) is 0 Å². The molecule has 1 heterocycles. The van der Waals surface area contributed by atoms with Crippen molar-refractivity contribution in [3.05, 3.63) is 0 Å². The zero-order chi connectivity index (χ0) is 19.1. The summed E-state index contributed by atoms with van der Waals surface area (Å²) >= 11 is 0. The van der Waals surface area contributed by atoms with Crippen molar-refractivity contribution < 1.29 is 14.2 Å². The van der Waals surface area contributed by atoms with Crippen LogP contribution in [-0.2, 0) is 14.2 Å². The molecular formula is C21H39N3O3. The fourth-order valence-electron chi connectivity index (χ4n) is 5.27. The average Bonchev–Trinajstić information content (AvgIpc) is 3.17. The van der Waals surface area contributed by atoms with Crippen molar-refractivity contribution in [2.75, 3.05) is 53.7 Å². The molecule has 156 valence electrons. The van der Waals surface area contributed by atoms with Crippen molar-refractivity contribution in [1.82, 2.24) is 10.2 Å². The molecule has 1 saturated heterocycles. The van der Waals surface area contributed by atoms with E-state index in [2.05, 4.69) is 22.1 Å². The summed E-state index contributed by atoms with van der Waals surface area (Å²) in [5.74, 6) is 1.65. The van der Waals surface area contributed by atoms with E-state index in [1.807, 2.05) is 7.05 Å². The van der Waals surface area contributed by atoms with Crippen LogP contribution in [0.2, 0.25) is 0 Å². The van der Waals surface area contributed by atoms with Gasteiger partial charge in [-0.25, -0.2) is 0 Å². The third-order valence-electron chi connectivity index (χ3n) is 6.82. The standard InChI is InChI=1S/C21H39N3O3/c1-4-27-19-14-18(21(19)9-6-5-7-10-21)23-20(22-2)24-11-8-17(15-24)16-26-13-12-25-3/h17-19H,4-16H2,1-3H3,(H,22,23). The molecule has 1 spiro atoms. The first-order valence-electron chi connectivity index (χ1n) is 10.9. The molecule has 2 aliphatic carbocycles. The number of ether oxygens (including phenoxy) is 3. The molecular weight excluding hydrogens is 342 g/mol. The van der Waals surface area contributed by atoms with E-state index in [9.17, 15) is 0 Å². The molecule has 3 aliphatic rings. The molecule has 3 rings (SSSR count). The number of guanidine groups is 1. The number of nitrogens with one attached hydrogen (secondary N) is 1. The van der Waals surface area contributed by atoms with Crippen LogP contribution in [0.1, 0.15) is 51.9 Å². The van der Waals surface area contributed by atoms with Gasteiger partial charge in [-0.2, -0.15) is 0 Å². The van der Waals surface area contributed by atoms with Crippen LogP contribution >= 0.6 is 0 Å². The van der Waals surface area contributed by atoms with Crippen LogP contribution in [0.4, 0.5) is 0 Å². The van der Waals surface area contributed by atoms with Crippen LogP contribution in [0, 0.1) is 11.3 Å². The Morgan fingerprint density at radius 1 is 1.22 bits per heavy atom. The van der Waals surface area contributed by atoms with Gasteiger partial charge < -0.3 is 24.4 Å². The molecule has 1 aliphatic heterocycles. The number of nitrogens with zero attached hydrogens (tertiary/aromatic N) is 2. The van der Waals surface area contributed by atoms with Crippen LogP contribution in [0.15, 0.2) is 4.99 Å². The van der Waals surface area contributed by atoms with E-state index in [1.165, 1.54) is 38.5 Å². The van der Waals surface area contributed by atoms with Gasteiger partial charge in [0.15, 0.2) is 5.96 Å². The number of methoxy groups -OCH3 is 1. The molecule has 0 bridgehead atoms. The lowest BCUT2D eigenvalue weighted by Crippen LogP contribution is -2.66. The summed E-state index contributed by atoms with van der Waals surface area (Å²) < 4.78 is 16.9. The van der Waals surface area contributed by atoms with Gasteiger partial charge in [0.1, 0.15) is 0 Å². The van der Waals surface area contributed by atoms with Crippen LogP contribution < -0.4 is 5.32 Å². The topological polar surface area (TPSA) is 55.3 Å². The zero-order valence-corrected chi connectivity index (χ0v) is 17.5. The van der Waals surface area contributed by atoms with Gasteiger partial charge in [0, 0.05) is 51.2 Å². The fourth-order valence-corrected chi connectivity index (χ4v) is 5.27. The second kappa shape index (κ2) is 10.1. The summed E-state index contributed by atoms with van der Waals surface area (Å²) in [4.78, 5) is 7.03. The molecule has 6 heteroatoms. The Morgan fingerprint density at radius 3 is 2.74 bits per heavy atom. The normalized spacial score (nSPS) is 30.6. The average molecular weight is 382 g/mol. The van der Waals surface area contributed by atoms with Crippen molar-refractivity contribution in [2.45, 2.75) is 64.0 Å².